The number of rotatable bonds is 6. The monoisotopic (exact) mass is 249 g/mol. The second-order valence-electron chi connectivity index (χ2n) is 3.70. The van der Waals surface area contributed by atoms with Gasteiger partial charge in [-0.3, -0.25) is 0 Å². The summed E-state index contributed by atoms with van der Waals surface area (Å²) in [5.41, 5.74) is 1.19. The van der Waals surface area contributed by atoms with Gasteiger partial charge in [-0.1, -0.05) is 12.1 Å². The van der Waals surface area contributed by atoms with Crippen molar-refractivity contribution in [2.75, 3.05) is 31.7 Å². The lowest BCUT2D eigenvalue weighted by atomic mass is 10.3. The molecule has 0 fully saturated rings. The van der Waals surface area contributed by atoms with E-state index in [4.69, 9.17) is 9.84 Å². The van der Waals surface area contributed by atoms with E-state index in [0.29, 0.717) is 36.6 Å². The molecule has 1 aromatic heterocycles. The zero-order valence-electron chi connectivity index (χ0n) is 9.87. The van der Waals surface area contributed by atoms with Crippen molar-refractivity contribution in [3.63, 3.8) is 0 Å². The average Bonchev–Trinajstić information content (AvgIpc) is 2.39. The van der Waals surface area contributed by atoms with E-state index in [1.54, 1.807) is 18.2 Å². The summed E-state index contributed by atoms with van der Waals surface area (Å²) in [7, 11) is 0. The van der Waals surface area contributed by atoms with Gasteiger partial charge in [-0.15, -0.1) is 0 Å². The van der Waals surface area contributed by atoms with E-state index in [-0.39, 0.29) is 6.61 Å². The van der Waals surface area contributed by atoms with Crippen LogP contribution >= 0.6 is 0 Å². The Morgan fingerprint density at radius 1 is 1.33 bits per heavy atom. The Hall–Kier alpha value is -1.92. The molecule has 0 unspecified atom stereocenters. The Morgan fingerprint density at radius 3 is 3.00 bits per heavy atom. The highest BCUT2D eigenvalue weighted by molar-refractivity contribution is 5.71. The molecule has 0 bridgehead atoms. The van der Waals surface area contributed by atoms with Gasteiger partial charge in [0.15, 0.2) is 5.82 Å². The zero-order valence-corrected chi connectivity index (χ0v) is 9.87. The summed E-state index contributed by atoms with van der Waals surface area (Å²) >= 11 is 0. The van der Waals surface area contributed by atoms with Crippen molar-refractivity contribution in [2.45, 2.75) is 0 Å². The number of benzene rings is 1. The van der Waals surface area contributed by atoms with E-state index < -0.39 is 0 Å². The third kappa shape index (κ3) is 3.06. The number of aliphatic hydroxyl groups excluding tert-OH is 1. The van der Waals surface area contributed by atoms with Crippen LogP contribution in [0.5, 0.6) is 0 Å². The van der Waals surface area contributed by atoms with Crippen LogP contribution in [0.3, 0.4) is 0 Å². The fourth-order valence-electron chi connectivity index (χ4n) is 1.59. The summed E-state index contributed by atoms with van der Waals surface area (Å²) in [6.07, 6.45) is 1.40. The van der Waals surface area contributed by atoms with Crippen molar-refractivity contribution in [3.05, 3.63) is 35.7 Å². The lowest BCUT2D eigenvalue weighted by Gasteiger charge is -2.07. The van der Waals surface area contributed by atoms with Gasteiger partial charge in [0, 0.05) is 12.6 Å². The van der Waals surface area contributed by atoms with Crippen LogP contribution in [0.4, 0.5) is 5.82 Å². The molecule has 0 spiro atoms. The molecule has 0 radical (unpaired) electrons. The fraction of sp³-hybridized carbons (Fsp3) is 0.333. The Balaban J connectivity index is 2.01. The van der Waals surface area contributed by atoms with E-state index in [0.717, 1.165) is 4.73 Å². The van der Waals surface area contributed by atoms with Crippen LogP contribution in [0.25, 0.3) is 11.0 Å². The number of aromatic nitrogens is 2. The molecule has 2 N–H and O–H groups in total. The third-order valence-corrected chi connectivity index (χ3v) is 2.39. The molecule has 0 aliphatic heterocycles. The average molecular weight is 249 g/mol. The SMILES string of the molecule is [O-][n+]1cc(NCCOCCO)nc2ccccc21. The van der Waals surface area contributed by atoms with E-state index >= 15 is 0 Å². The molecule has 0 atom stereocenters. The van der Waals surface area contributed by atoms with Gasteiger partial charge in [-0.25, -0.2) is 4.98 Å². The molecule has 18 heavy (non-hydrogen) atoms. The van der Waals surface area contributed by atoms with Gasteiger partial charge in [0.25, 0.3) is 0 Å². The minimum Gasteiger partial charge on any atom is -0.618 e. The third-order valence-electron chi connectivity index (χ3n) is 2.39. The van der Waals surface area contributed by atoms with Gasteiger partial charge < -0.3 is 20.4 Å². The van der Waals surface area contributed by atoms with E-state index in [1.165, 1.54) is 6.20 Å². The highest BCUT2D eigenvalue weighted by Gasteiger charge is 2.06. The van der Waals surface area contributed by atoms with Gasteiger partial charge in [-0.05, 0) is 6.07 Å². The topological polar surface area (TPSA) is 81.3 Å². The summed E-state index contributed by atoms with van der Waals surface area (Å²) in [5, 5.41) is 23.2. The van der Waals surface area contributed by atoms with Crippen molar-refractivity contribution in [2.24, 2.45) is 0 Å². The minimum atomic E-state index is 0.00871. The molecule has 2 rings (SSSR count). The number of hydrogen-bond acceptors (Lipinski definition) is 5. The van der Waals surface area contributed by atoms with Gasteiger partial charge in [0.1, 0.15) is 5.52 Å². The maximum Gasteiger partial charge on any atom is 0.242 e. The number of nitrogens with one attached hydrogen (secondary N) is 1. The lowest BCUT2D eigenvalue weighted by molar-refractivity contribution is -0.576. The molecule has 96 valence electrons. The summed E-state index contributed by atoms with van der Waals surface area (Å²) < 4.78 is 5.89. The highest BCUT2D eigenvalue weighted by Crippen LogP contribution is 2.09. The molecule has 1 heterocycles. The van der Waals surface area contributed by atoms with Crippen molar-refractivity contribution in [1.29, 1.82) is 0 Å². The summed E-state index contributed by atoms with van der Waals surface area (Å²) in [5.74, 6) is 0.510. The number of para-hydroxylation sites is 2. The number of ether oxygens (including phenoxy) is 1. The van der Waals surface area contributed by atoms with Crippen LogP contribution in [-0.4, -0.2) is 36.5 Å². The molecule has 0 saturated carbocycles. The van der Waals surface area contributed by atoms with Gasteiger partial charge in [0.05, 0.1) is 19.8 Å². The quantitative estimate of drug-likeness (QED) is 0.437. The van der Waals surface area contributed by atoms with Crippen LogP contribution < -0.4 is 10.0 Å². The fourth-order valence-corrected chi connectivity index (χ4v) is 1.59. The number of aliphatic hydroxyl groups is 1. The Labute approximate surface area is 104 Å². The second-order valence-corrected chi connectivity index (χ2v) is 3.70. The molecule has 2 aromatic rings. The van der Waals surface area contributed by atoms with Crippen molar-refractivity contribution in [3.8, 4) is 0 Å². The first-order valence-corrected chi connectivity index (χ1v) is 5.72. The Kier molecular flexibility index (Phi) is 4.27. The maximum atomic E-state index is 11.7. The number of nitrogens with zero attached hydrogens (tertiary/aromatic N) is 2. The molecule has 0 aliphatic rings. The predicted octanol–water partition coefficient (Wildman–Crippen LogP) is 0.289. The number of anilines is 1. The molecule has 0 amide bonds. The number of hydrogen-bond donors (Lipinski definition) is 2. The standard InChI is InChI=1S/C12H15N3O3/c16-6-8-18-7-5-13-12-9-15(17)11-4-2-1-3-10(11)14-12/h1-4,9,16H,5-8H2,(H,13,14). The maximum absolute atomic E-state index is 11.7. The predicted molar refractivity (Wildman–Crippen MR) is 67.1 cm³/mol. The summed E-state index contributed by atoms with van der Waals surface area (Å²) in [4.78, 5) is 4.32. The highest BCUT2D eigenvalue weighted by atomic mass is 16.5. The molecule has 6 heteroatoms. The Bertz CT molecular complexity index is 519. The van der Waals surface area contributed by atoms with E-state index in [2.05, 4.69) is 10.3 Å². The van der Waals surface area contributed by atoms with Crippen molar-refractivity contribution in [1.82, 2.24) is 4.98 Å². The molecule has 0 saturated heterocycles. The first-order valence-electron chi connectivity index (χ1n) is 5.72. The molecular weight excluding hydrogens is 234 g/mol. The Morgan fingerprint density at radius 2 is 2.17 bits per heavy atom. The zero-order chi connectivity index (χ0) is 12.8. The molecular formula is C12H15N3O3. The molecule has 1 aromatic carbocycles. The van der Waals surface area contributed by atoms with Gasteiger partial charge >= 0.3 is 0 Å². The number of fused-ring (bicyclic) bond motifs is 1. The van der Waals surface area contributed by atoms with E-state index in [9.17, 15) is 5.21 Å². The lowest BCUT2D eigenvalue weighted by Crippen LogP contribution is -2.28. The first-order chi connectivity index (χ1) is 8.81. The smallest absolute Gasteiger partial charge is 0.242 e. The summed E-state index contributed by atoms with van der Waals surface area (Å²) in [6.45, 7) is 1.31. The van der Waals surface area contributed by atoms with Crippen LogP contribution in [0.2, 0.25) is 0 Å². The summed E-state index contributed by atoms with van der Waals surface area (Å²) in [6, 6.07) is 7.15. The normalized spacial score (nSPS) is 10.7. The van der Waals surface area contributed by atoms with Crippen LogP contribution in [0.1, 0.15) is 0 Å². The second kappa shape index (κ2) is 6.13. The van der Waals surface area contributed by atoms with Crippen LogP contribution in [0.15, 0.2) is 30.5 Å². The largest absolute Gasteiger partial charge is 0.618 e. The van der Waals surface area contributed by atoms with Gasteiger partial charge in [-0.2, -0.15) is 4.73 Å². The van der Waals surface area contributed by atoms with Crippen molar-refractivity contribution < 1.29 is 14.6 Å². The molecule has 6 nitrogen and oxygen atoms in total. The minimum absolute atomic E-state index is 0.00871. The van der Waals surface area contributed by atoms with Crippen LogP contribution in [0, 0.1) is 5.21 Å². The van der Waals surface area contributed by atoms with Crippen molar-refractivity contribution >= 4 is 16.9 Å². The first kappa shape index (κ1) is 12.5. The van der Waals surface area contributed by atoms with Gasteiger partial charge in [0.2, 0.25) is 11.7 Å². The van der Waals surface area contributed by atoms with E-state index in [1.807, 2.05) is 6.07 Å². The molecule has 0 aliphatic carbocycles. The van der Waals surface area contributed by atoms with Crippen LogP contribution in [-0.2, 0) is 4.74 Å².